The quantitative estimate of drug-likeness (QED) is 0.835. The van der Waals surface area contributed by atoms with E-state index in [4.69, 9.17) is 11.6 Å². The number of hydrogen-bond donors (Lipinski definition) is 1. The Hall–Kier alpha value is -1.46. The van der Waals surface area contributed by atoms with Gasteiger partial charge in [-0.1, -0.05) is 23.8 Å². The Kier molecular flexibility index (Phi) is 5.53. The summed E-state index contributed by atoms with van der Waals surface area (Å²) >= 11 is 7.33. The van der Waals surface area contributed by atoms with Crippen molar-refractivity contribution < 1.29 is 9.59 Å². The topological polar surface area (TPSA) is 49.4 Å². The summed E-state index contributed by atoms with van der Waals surface area (Å²) in [5, 5.41) is 2.98. The molecule has 118 valence electrons. The van der Waals surface area contributed by atoms with Crippen molar-refractivity contribution in [3.8, 4) is 0 Å². The van der Waals surface area contributed by atoms with Crippen LogP contribution in [0.5, 0.6) is 0 Å². The number of halogens is 1. The van der Waals surface area contributed by atoms with Gasteiger partial charge < -0.3 is 10.2 Å². The predicted molar refractivity (Wildman–Crippen MR) is 91.4 cm³/mol. The monoisotopic (exact) mass is 338 g/mol. The van der Waals surface area contributed by atoms with Crippen LogP contribution in [0.4, 0.5) is 5.69 Å². The molecule has 0 fully saturated rings. The summed E-state index contributed by atoms with van der Waals surface area (Å²) in [6.45, 7) is 8.78. The standard InChI is InChI=1S/C16H19ClN2O2S/c1-4-19(9-10(2)3)15(20)8-14-16(21)18-12-7-11(17)5-6-13(12)22-14/h5-7,14H,2,4,8-9H2,1,3H3,(H,18,21). The largest absolute Gasteiger partial charge is 0.339 e. The third-order valence-electron chi connectivity index (χ3n) is 3.32. The Bertz CT molecular complexity index is 618. The van der Waals surface area contributed by atoms with Crippen molar-refractivity contribution >= 4 is 40.9 Å². The first kappa shape index (κ1) is 16.9. The van der Waals surface area contributed by atoms with E-state index in [9.17, 15) is 9.59 Å². The van der Waals surface area contributed by atoms with Crippen LogP contribution >= 0.6 is 23.4 Å². The lowest BCUT2D eigenvalue weighted by molar-refractivity contribution is -0.132. The Morgan fingerprint density at radius 2 is 2.23 bits per heavy atom. The van der Waals surface area contributed by atoms with Crippen LogP contribution < -0.4 is 5.32 Å². The van der Waals surface area contributed by atoms with Crippen molar-refractivity contribution in [3.63, 3.8) is 0 Å². The average molecular weight is 339 g/mol. The first-order valence-corrected chi connectivity index (χ1v) is 8.35. The zero-order valence-electron chi connectivity index (χ0n) is 12.7. The average Bonchev–Trinajstić information content (AvgIpc) is 2.45. The molecule has 1 aromatic rings. The fourth-order valence-electron chi connectivity index (χ4n) is 2.25. The van der Waals surface area contributed by atoms with Crippen LogP contribution in [0.3, 0.4) is 0 Å². The Morgan fingerprint density at radius 3 is 2.86 bits per heavy atom. The number of anilines is 1. The highest BCUT2D eigenvalue weighted by molar-refractivity contribution is 8.01. The molecule has 0 aromatic heterocycles. The Labute approximate surface area is 139 Å². The van der Waals surface area contributed by atoms with Gasteiger partial charge in [0, 0.05) is 29.4 Å². The van der Waals surface area contributed by atoms with Crippen molar-refractivity contribution in [3.05, 3.63) is 35.4 Å². The van der Waals surface area contributed by atoms with Gasteiger partial charge in [-0.05, 0) is 32.0 Å². The van der Waals surface area contributed by atoms with Gasteiger partial charge in [-0.3, -0.25) is 9.59 Å². The summed E-state index contributed by atoms with van der Waals surface area (Å²) in [6, 6.07) is 5.37. The molecule has 1 unspecified atom stereocenters. The van der Waals surface area contributed by atoms with E-state index in [0.717, 1.165) is 10.5 Å². The van der Waals surface area contributed by atoms with Crippen molar-refractivity contribution in [1.29, 1.82) is 0 Å². The molecule has 22 heavy (non-hydrogen) atoms. The molecule has 0 aliphatic carbocycles. The number of amides is 2. The van der Waals surface area contributed by atoms with Gasteiger partial charge in [0.05, 0.1) is 10.9 Å². The lowest BCUT2D eigenvalue weighted by Gasteiger charge is -2.27. The maximum Gasteiger partial charge on any atom is 0.238 e. The van der Waals surface area contributed by atoms with Gasteiger partial charge in [-0.2, -0.15) is 0 Å². The molecule has 2 amide bonds. The molecule has 1 aliphatic heterocycles. The van der Waals surface area contributed by atoms with Crippen molar-refractivity contribution in [2.45, 2.75) is 30.4 Å². The minimum absolute atomic E-state index is 0.0319. The van der Waals surface area contributed by atoms with Gasteiger partial charge in [0.1, 0.15) is 0 Å². The van der Waals surface area contributed by atoms with E-state index >= 15 is 0 Å². The van der Waals surface area contributed by atoms with Crippen LogP contribution in [-0.4, -0.2) is 35.1 Å². The van der Waals surface area contributed by atoms with Gasteiger partial charge in [-0.15, -0.1) is 11.8 Å². The molecule has 0 spiro atoms. The van der Waals surface area contributed by atoms with Gasteiger partial charge in [0.15, 0.2) is 0 Å². The van der Waals surface area contributed by atoms with Crippen molar-refractivity contribution in [1.82, 2.24) is 4.90 Å². The molecule has 0 saturated heterocycles. The van der Waals surface area contributed by atoms with E-state index < -0.39 is 5.25 Å². The van der Waals surface area contributed by atoms with Gasteiger partial charge in [0.25, 0.3) is 0 Å². The number of thioether (sulfide) groups is 1. The zero-order valence-corrected chi connectivity index (χ0v) is 14.3. The summed E-state index contributed by atoms with van der Waals surface area (Å²) in [5.74, 6) is -0.185. The third-order valence-corrected chi connectivity index (χ3v) is 4.83. The number of carbonyl (C=O) groups excluding carboxylic acids is 2. The van der Waals surface area contributed by atoms with Crippen molar-refractivity contribution in [2.24, 2.45) is 0 Å². The SMILES string of the molecule is C=C(C)CN(CC)C(=O)CC1Sc2ccc(Cl)cc2NC1=O. The minimum Gasteiger partial charge on any atom is -0.339 e. The summed E-state index contributed by atoms with van der Waals surface area (Å²) in [6.07, 6.45) is 0.180. The Morgan fingerprint density at radius 1 is 1.50 bits per heavy atom. The van der Waals surface area contributed by atoms with Gasteiger partial charge in [0.2, 0.25) is 11.8 Å². The first-order valence-electron chi connectivity index (χ1n) is 7.10. The summed E-state index contributed by atoms with van der Waals surface area (Å²) in [7, 11) is 0. The van der Waals surface area contributed by atoms with Crippen LogP contribution in [0.2, 0.25) is 5.02 Å². The molecule has 0 saturated carbocycles. The van der Waals surface area contributed by atoms with Crippen molar-refractivity contribution in [2.75, 3.05) is 18.4 Å². The number of nitrogens with one attached hydrogen (secondary N) is 1. The maximum atomic E-state index is 12.4. The molecule has 1 atom stereocenters. The number of rotatable bonds is 5. The molecule has 0 bridgehead atoms. The van der Waals surface area contributed by atoms with E-state index in [1.54, 1.807) is 17.0 Å². The van der Waals surface area contributed by atoms with Crippen LogP contribution in [0, 0.1) is 0 Å². The number of benzene rings is 1. The van der Waals surface area contributed by atoms with Crippen LogP contribution in [-0.2, 0) is 9.59 Å². The second kappa shape index (κ2) is 7.20. The number of nitrogens with zero attached hydrogens (tertiary/aromatic N) is 1. The molecular weight excluding hydrogens is 320 g/mol. The predicted octanol–water partition coefficient (Wildman–Crippen LogP) is 3.57. The van der Waals surface area contributed by atoms with E-state index in [1.165, 1.54) is 11.8 Å². The molecule has 1 aliphatic rings. The minimum atomic E-state index is -0.416. The lowest BCUT2D eigenvalue weighted by Crippen LogP contribution is -2.38. The third kappa shape index (κ3) is 4.05. The van der Waals surface area contributed by atoms with Crippen LogP contribution in [0.15, 0.2) is 35.2 Å². The highest BCUT2D eigenvalue weighted by Crippen LogP contribution is 2.38. The molecule has 1 aromatic carbocycles. The number of hydrogen-bond acceptors (Lipinski definition) is 3. The van der Waals surface area contributed by atoms with Gasteiger partial charge in [-0.25, -0.2) is 0 Å². The fraction of sp³-hybridized carbons (Fsp3) is 0.375. The molecule has 6 heteroatoms. The molecular formula is C16H19ClN2O2S. The normalized spacial score (nSPS) is 16.7. The lowest BCUT2D eigenvalue weighted by atomic mass is 10.2. The first-order chi connectivity index (χ1) is 10.4. The summed E-state index contributed by atoms with van der Waals surface area (Å²) in [5.41, 5.74) is 1.64. The second-order valence-corrected chi connectivity index (χ2v) is 6.99. The molecule has 0 radical (unpaired) electrons. The number of likely N-dealkylation sites (N-methyl/N-ethyl adjacent to an activating group) is 1. The van der Waals surface area contributed by atoms with Gasteiger partial charge >= 0.3 is 0 Å². The fourth-order valence-corrected chi connectivity index (χ4v) is 3.50. The van der Waals surface area contributed by atoms with E-state index in [1.807, 2.05) is 19.9 Å². The molecule has 2 rings (SSSR count). The summed E-state index contributed by atoms with van der Waals surface area (Å²) < 4.78 is 0. The number of carbonyl (C=O) groups is 2. The smallest absolute Gasteiger partial charge is 0.238 e. The zero-order chi connectivity index (χ0) is 16.3. The molecule has 4 nitrogen and oxygen atoms in total. The van der Waals surface area contributed by atoms with Crippen LogP contribution in [0.1, 0.15) is 20.3 Å². The Balaban J connectivity index is 2.07. The second-order valence-electron chi connectivity index (χ2n) is 5.31. The molecule has 1 N–H and O–H groups in total. The summed E-state index contributed by atoms with van der Waals surface area (Å²) in [4.78, 5) is 27.2. The number of fused-ring (bicyclic) bond motifs is 1. The maximum absolute atomic E-state index is 12.4. The van der Waals surface area contributed by atoms with E-state index in [0.29, 0.717) is 23.8 Å². The highest BCUT2D eigenvalue weighted by Gasteiger charge is 2.30. The van der Waals surface area contributed by atoms with Crippen LogP contribution in [0.25, 0.3) is 0 Å². The highest BCUT2D eigenvalue weighted by atomic mass is 35.5. The van der Waals surface area contributed by atoms with E-state index in [2.05, 4.69) is 11.9 Å². The molecule has 1 heterocycles. The van der Waals surface area contributed by atoms with E-state index in [-0.39, 0.29) is 18.2 Å².